The van der Waals surface area contributed by atoms with E-state index in [4.69, 9.17) is 9.47 Å². The molecule has 1 aromatic carbocycles. The van der Waals surface area contributed by atoms with Crippen LogP contribution in [0, 0.1) is 16.7 Å². The van der Waals surface area contributed by atoms with E-state index in [9.17, 15) is 24.9 Å². The molecule has 0 spiro atoms. The normalized spacial score (nSPS) is 17.4. The molecule has 1 aromatic rings. The Labute approximate surface area is 201 Å². The highest BCUT2D eigenvalue weighted by atomic mass is 16.5. The van der Waals surface area contributed by atoms with Gasteiger partial charge in [0.05, 0.1) is 19.1 Å². The molecule has 2 atom stereocenters. The largest absolute Gasteiger partial charge is 0.497 e. The lowest BCUT2D eigenvalue weighted by Gasteiger charge is -2.35. The molecule has 1 aliphatic rings. The fraction of sp³-hybridized carbons (Fsp3) is 0.542. The number of hydrogen-bond donors (Lipinski definition) is 3. The average Bonchev–Trinajstić information content (AvgIpc) is 2.80. The van der Waals surface area contributed by atoms with Gasteiger partial charge < -0.3 is 29.7 Å². The van der Waals surface area contributed by atoms with Crippen molar-refractivity contribution >= 4 is 19.1 Å². The molecule has 9 nitrogen and oxygen atoms in total. The van der Waals surface area contributed by atoms with E-state index in [0.29, 0.717) is 18.7 Å². The van der Waals surface area contributed by atoms with Crippen LogP contribution in [0.3, 0.4) is 0 Å². The molecule has 0 aliphatic carbocycles. The quantitative estimate of drug-likeness (QED) is 0.301. The Balaban J connectivity index is 2.00. The maximum Gasteiger partial charge on any atom is 0.475 e. The number of nitrogens with one attached hydrogen (secondary N) is 1. The monoisotopic (exact) mass is 471 g/mol. The number of nitrogens with zero attached hydrogens (tertiary/aromatic N) is 2. The van der Waals surface area contributed by atoms with Gasteiger partial charge in [0.1, 0.15) is 24.0 Å². The molecule has 184 valence electrons. The van der Waals surface area contributed by atoms with E-state index in [1.54, 1.807) is 35.2 Å². The van der Waals surface area contributed by atoms with Crippen molar-refractivity contribution in [3.05, 3.63) is 41.5 Å². The van der Waals surface area contributed by atoms with Crippen molar-refractivity contribution < 1.29 is 29.1 Å². The van der Waals surface area contributed by atoms with Crippen LogP contribution in [0.25, 0.3) is 0 Å². The van der Waals surface area contributed by atoms with Gasteiger partial charge in [0.25, 0.3) is 5.91 Å². The van der Waals surface area contributed by atoms with Gasteiger partial charge in [-0.1, -0.05) is 39.0 Å². The summed E-state index contributed by atoms with van der Waals surface area (Å²) in [5.41, 5.74) is 0.493. The van der Waals surface area contributed by atoms with Crippen molar-refractivity contribution in [3.63, 3.8) is 0 Å². The first-order valence-electron chi connectivity index (χ1n) is 11.4. The van der Waals surface area contributed by atoms with Gasteiger partial charge in [-0.05, 0) is 48.8 Å². The number of alkyl carbamates (subject to hydrolysis) is 1. The summed E-state index contributed by atoms with van der Waals surface area (Å²) in [5, 5.41) is 31.4. The molecule has 0 radical (unpaired) electrons. The Bertz CT molecular complexity index is 922. The van der Waals surface area contributed by atoms with E-state index in [2.05, 4.69) is 5.32 Å². The zero-order valence-electron chi connectivity index (χ0n) is 20.3. The zero-order chi connectivity index (χ0) is 25.3. The van der Waals surface area contributed by atoms with Crippen molar-refractivity contribution in [2.75, 3.05) is 20.3 Å². The molecule has 1 fully saturated rings. The molecule has 34 heavy (non-hydrogen) atoms. The van der Waals surface area contributed by atoms with Crippen molar-refractivity contribution in [2.24, 2.45) is 5.41 Å². The van der Waals surface area contributed by atoms with Crippen LogP contribution < -0.4 is 10.1 Å². The second kappa shape index (κ2) is 12.4. The Hall–Kier alpha value is -3.03. The number of methoxy groups -OCH3 is 1. The van der Waals surface area contributed by atoms with Gasteiger partial charge in [-0.15, -0.1) is 0 Å². The second-order valence-electron chi connectivity index (χ2n) is 9.50. The minimum absolute atomic E-state index is 0.0563. The van der Waals surface area contributed by atoms with Gasteiger partial charge in [0.2, 0.25) is 0 Å². The molecule has 1 aliphatic heterocycles. The van der Waals surface area contributed by atoms with Crippen LogP contribution in [0.1, 0.15) is 45.6 Å². The SMILES string of the molecule is COc1cccc(C[C@H](NC(=O)OC[C@H]2CCCCN2C(=O)C(C#N)=CC(C)(C)C)B(O)O)c1. The van der Waals surface area contributed by atoms with Crippen LogP contribution in [0.2, 0.25) is 0 Å². The molecule has 1 heterocycles. The number of allylic oxidation sites excluding steroid dienone is 1. The fourth-order valence-electron chi connectivity index (χ4n) is 3.82. The van der Waals surface area contributed by atoms with Gasteiger partial charge >= 0.3 is 13.2 Å². The molecule has 3 N–H and O–H groups in total. The summed E-state index contributed by atoms with van der Waals surface area (Å²) in [4.78, 5) is 27.0. The number of likely N-dealkylation sites (tertiary alicyclic amines) is 1. The van der Waals surface area contributed by atoms with Crippen molar-refractivity contribution in [2.45, 2.75) is 58.4 Å². The van der Waals surface area contributed by atoms with Crippen molar-refractivity contribution in [1.29, 1.82) is 5.26 Å². The lowest BCUT2D eigenvalue weighted by Crippen LogP contribution is -2.50. The minimum atomic E-state index is -1.80. The Morgan fingerprint density at radius 1 is 1.35 bits per heavy atom. The molecule has 1 saturated heterocycles. The zero-order valence-corrected chi connectivity index (χ0v) is 20.3. The van der Waals surface area contributed by atoms with Crippen LogP contribution in [0.5, 0.6) is 5.75 Å². The molecule has 0 unspecified atom stereocenters. The van der Waals surface area contributed by atoms with Gasteiger partial charge in [-0.2, -0.15) is 5.26 Å². The van der Waals surface area contributed by atoms with Crippen LogP contribution in [-0.4, -0.2) is 66.3 Å². The number of carbonyl (C=O) groups is 2. The number of piperidine rings is 1. The maximum absolute atomic E-state index is 13.0. The van der Waals surface area contributed by atoms with E-state index in [0.717, 1.165) is 18.4 Å². The number of carbonyl (C=O) groups excluding carboxylic acids is 2. The van der Waals surface area contributed by atoms with E-state index in [-0.39, 0.29) is 36.0 Å². The molecule has 2 rings (SSSR count). The Kier molecular flexibility index (Phi) is 9.96. The number of ether oxygens (including phenoxy) is 2. The highest BCUT2D eigenvalue weighted by Gasteiger charge is 2.31. The Morgan fingerprint density at radius 3 is 2.71 bits per heavy atom. The van der Waals surface area contributed by atoms with E-state index < -0.39 is 19.2 Å². The summed E-state index contributed by atoms with van der Waals surface area (Å²) in [6, 6.07) is 8.70. The lowest BCUT2D eigenvalue weighted by atomic mass is 9.76. The lowest BCUT2D eigenvalue weighted by molar-refractivity contribution is -0.131. The standard InChI is InChI=1S/C24H34BN3O6/c1-24(2,3)14-18(15-26)22(29)28-11-6-5-9-19(28)16-34-23(30)27-21(25(31)32)13-17-8-7-10-20(12-17)33-4/h7-8,10,12,14,19,21,31-32H,5-6,9,11,13,16H2,1-4H3,(H,27,30)/t19-,21+/m1/s1. The smallest absolute Gasteiger partial charge is 0.475 e. The van der Waals surface area contributed by atoms with Gasteiger partial charge in [-0.25, -0.2) is 4.79 Å². The minimum Gasteiger partial charge on any atom is -0.497 e. The first-order chi connectivity index (χ1) is 16.0. The third-order valence-electron chi connectivity index (χ3n) is 5.48. The number of hydrogen-bond acceptors (Lipinski definition) is 7. The summed E-state index contributed by atoms with van der Waals surface area (Å²) in [6.07, 6.45) is 3.31. The average molecular weight is 471 g/mol. The maximum atomic E-state index is 13.0. The highest BCUT2D eigenvalue weighted by molar-refractivity contribution is 6.43. The van der Waals surface area contributed by atoms with Gasteiger partial charge in [-0.3, -0.25) is 4.79 Å². The third-order valence-corrected chi connectivity index (χ3v) is 5.48. The van der Waals surface area contributed by atoms with E-state index in [1.165, 1.54) is 7.11 Å². The molecule has 0 saturated carbocycles. The summed E-state index contributed by atoms with van der Waals surface area (Å²) in [7, 11) is -0.266. The number of amides is 2. The van der Waals surface area contributed by atoms with Gasteiger partial charge in [0.15, 0.2) is 0 Å². The third kappa shape index (κ3) is 8.39. The van der Waals surface area contributed by atoms with Crippen molar-refractivity contribution in [1.82, 2.24) is 10.2 Å². The van der Waals surface area contributed by atoms with E-state index in [1.807, 2.05) is 26.8 Å². The molecule has 10 heteroatoms. The predicted molar refractivity (Wildman–Crippen MR) is 128 cm³/mol. The summed E-state index contributed by atoms with van der Waals surface area (Å²) in [6.45, 7) is 6.16. The first kappa shape index (κ1) is 27.2. The Morgan fingerprint density at radius 2 is 2.09 bits per heavy atom. The highest BCUT2D eigenvalue weighted by Crippen LogP contribution is 2.23. The van der Waals surface area contributed by atoms with E-state index >= 15 is 0 Å². The first-order valence-corrected chi connectivity index (χ1v) is 11.4. The number of rotatable bonds is 8. The van der Waals surface area contributed by atoms with Crippen molar-refractivity contribution in [3.8, 4) is 11.8 Å². The van der Waals surface area contributed by atoms with Crippen LogP contribution in [0.4, 0.5) is 4.79 Å². The summed E-state index contributed by atoms with van der Waals surface area (Å²) in [5.74, 6) is -0.748. The molecule has 2 amide bonds. The van der Waals surface area contributed by atoms with Crippen LogP contribution in [-0.2, 0) is 16.0 Å². The van der Waals surface area contributed by atoms with Crippen LogP contribution >= 0.6 is 0 Å². The topological polar surface area (TPSA) is 132 Å². The molecule has 0 aromatic heterocycles. The van der Waals surface area contributed by atoms with Gasteiger partial charge in [0, 0.05) is 6.54 Å². The van der Waals surface area contributed by atoms with Crippen LogP contribution in [0.15, 0.2) is 35.9 Å². The second-order valence-corrected chi connectivity index (χ2v) is 9.50. The number of nitriles is 1. The summed E-state index contributed by atoms with van der Waals surface area (Å²) >= 11 is 0. The molecule has 0 bridgehead atoms. The summed E-state index contributed by atoms with van der Waals surface area (Å²) < 4.78 is 10.5. The predicted octanol–water partition coefficient (Wildman–Crippen LogP) is 2.22. The molecular formula is C24H34BN3O6. The fourth-order valence-corrected chi connectivity index (χ4v) is 3.82. The number of benzene rings is 1. The molecular weight excluding hydrogens is 437 g/mol.